The molecule has 0 radical (unpaired) electrons. The van der Waals surface area contributed by atoms with Gasteiger partial charge >= 0.3 is 0 Å². The van der Waals surface area contributed by atoms with Crippen molar-refractivity contribution in [3.8, 4) is 0 Å². The standard InChI is InChI=1S/C9H16O3/c1-8-4-3-5-9(2,12-8)7(11)6(8)10/h6-7,10-11H,3-5H2,1-2H3/t6-,7?,8+,9-/m0/s1. The van der Waals surface area contributed by atoms with E-state index in [1.54, 1.807) is 0 Å². The van der Waals surface area contributed by atoms with Gasteiger partial charge in [-0.25, -0.2) is 0 Å². The summed E-state index contributed by atoms with van der Waals surface area (Å²) in [7, 11) is 0. The molecule has 0 saturated carbocycles. The second-order valence-corrected chi connectivity index (χ2v) is 4.47. The normalized spacial score (nSPS) is 59.0. The number of ether oxygens (including phenoxy) is 1. The molecule has 2 bridgehead atoms. The molecular formula is C9H16O3. The van der Waals surface area contributed by atoms with Crippen LogP contribution in [0.5, 0.6) is 0 Å². The molecule has 2 rings (SSSR count). The summed E-state index contributed by atoms with van der Waals surface area (Å²) >= 11 is 0. The topological polar surface area (TPSA) is 49.7 Å². The molecule has 0 spiro atoms. The summed E-state index contributed by atoms with van der Waals surface area (Å²) in [6.07, 6.45) is 1.29. The monoisotopic (exact) mass is 172 g/mol. The van der Waals surface area contributed by atoms with Gasteiger partial charge in [0.15, 0.2) is 0 Å². The summed E-state index contributed by atoms with van der Waals surface area (Å²) < 4.78 is 5.70. The van der Waals surface area contributed by atoms with E-state index in [9.17, 15) is 10.2 Å². The molecule has 2 N–H and O–H groups in total. The van der Waals surface area contributed by atoms with E-state index in [-0.39, 0.29) is 0 Å². The zero-order chi connectivity index (χ0) is 8.98. The number of aliphatic hydroxyl groups excluding tert-OH is 2. The average molecular weight is 172 g/mol. The first-order valence-corrected chi connectivity index (χ1v) is 4.54. The lowest BCUT2D eigenvalue weighted by atomic mass is 9.94. The van der Waals surface area contributed by atoms with E-state index < -0.39 is 23.4 Å². The number of hydrogen-bond acceptors (Lipinski definition) is 3. The van der Waals surface area contributed by atoms with Crippen LogP contribution in [0.1, 0.15) is 33.1 Å². The fourth-order valence-electron chi connectivity index (χ4n) is 2.51. The summed E-state index contributed by atoms with van der Waals surface area (Å²) in [5, 5.41) is 19.4. The Morgan fingerprint density at radius 1 is 1.08 bits per heavy atom. The van der Waals surface area contributed by atoms with E-state index in [0.29, 0.717) is 0 Å². The molecule has 12 heavy (non-hydrogen) atoms. The molecule has 3 nitrogen and oxygen atoms in total. The van der Waals surface area contributed by atoms with Crippen molar-refractivity contribution in [2.24, 2.45) is 0 Å². The Balaban J connectivity index is 2.33. The Hall–Kier alpha value is -0.120. The maximum atomic E-state index is 9.72. The third-order valence-corrected chi connectivity index (χ3v) is 3.36. The third-order valence-electron chi connectivity index (χ3n) is 3.36. The van der Waals surface area contributed by atoms with Gasteiger partial charge < -0.3 is 14.9 Å². The van der Waals surface area contributed by atoms with Crippen LogP contribution in [0.2, 0.25) is 0 Å². The van der Waals surface area contributed by atoms with Crippen LogP contribution in [0.25, 0.3) is 0 Å². The van der Waals surface area contributed by atoms with E-state index in [4.69, 9.17) is 4.74 Å². The maximum absolute atomic E-state index is 9.72. The van der Waals surface area contributed by atoms with Crippen LogP contribution in [-0.2, 0) is 4.74 Å². The third kappa shape index (κ3) is 0.873. The number of fused-ring (bicyclic) bond motifs is 2. The summed E-state index contributed by atoms with van der Waals surface area (Å²) in [6.45, 7) is 3.76. The Morgan fingerprint density at radius 3 is 1.83 bits per heavy atom. The minimum Gasteiger partial charge on any atom is -0.387 e. The Labute approximate surface area is 72.3 Å². The smallest absolute Gasteiger partial charge is 0.111 e. The summed E-state index contributed by atoms with van der Waals surface area (Å²) in [6, 6.07) is 0. The van der Waals surface area contributed by atoms with E-state index >= 15 is 0 Å². The molecule has 2 aliphatic rings. The quantitative estimate of drug-likeness (QED) is 0.557. The summed E-state index contributed by atoms with van der Waals surface area (Å²) in [5.74, 6) is 0. The summed E-state index contributed by atoms with van der Waals surface area (Å²) in [4.78, 5) is 0. The van der Waals surface area contributed by atoms with Gasteiger partial charge in [0.1, 0.15) is 12.2 Å². The van der Waals surface area contributed by atoms with Crippen LogP contribution < -0.4 is 0 Å². The lowest BCUT2D eigenvalue weighted by Gasteiger charge is -2.36. The van der Waals surface area contributed by atoms with Crippen molar-refractivity contribution in [1.29, 1.82) is 0 Å². The molecular weight excluding hydrogens is 156 g/mol. The van der Waals surface area contributed by atoms with Gasteiger partial charge in [-0.2, -0.15) is 0 Å². The highest BCUT2D eigenvalue weighted by Crippen LogP contribution is 2.47. The van der Waals surface area contributed by atoms with Crippen LogP contribution >= 0.6 is 0 Å². The molecule has 0 aromatic rings. The van der Waals surface area contributed by atoms with E-state index in [0.717, 1.165) is 19.3 Å². The van der Waals surface area contributed by atoms with Crippen molar-refractivity contribution in [1.82, 2.24) is 0 Å². The first kappa shape index (κ1) is 8.48. The highest BCUT2D eigenvalue weighted by Gasteiger charge is 2.59. The molecule has 2 saturated heterocycles. The van der Waals surface area contributed by atoms with Gasteiger partial charge in [0, 0.05) is 0 Å². The molecule has 4 atom stereocenters. The largest absolute Gasteiger partial charge is 0.387 e. The predicted molar refractivity (Wildman–Crippen MR) is 43.8 cm³/mol. The molecule has 2 heterocycles. The van der Waals surface area contributed by atoms with Crippen molar-refractivity contribution < 1.29 is 14.9 Å². The average Bonchev–Trinajstić information content (AvgIpc) is 2.10. The molecule has 1 unspecified atom stereocenters. The van der Waals surface area contributed by atoms with Crippen molar-refractivity contribution in [2.45, 2.75) is 56.5 Å². The fraction of sp³-hybridized carbons (Fsp3) is 1.00. The zero-order valence-electron chi connectivity index (χ0n) is 7.58. The Bertz CT molecular complexity index is 186. The van der Waals surface area contributed by atoms with E-state index in [1.807, 2.05) is 13.8 Å². The molecule has 3 heteroatoms. The van der Waals surface area contributed by atoms with Crippen molar-refractivity contribution in [2.75, 3.05) is 0 Å². The van der Waals surface area contributed by atoms with Gasteiger partial charge in [-0.05, 0) is 33.1 Å². The molecule has 70 valence electrons. The number of hydrogen-bond donors (Lipinski definition) is 2. The van der Waals surface area contributed by atoms with Gasteiger partial charge in [-0.1, -0.05) is 0 Å². The van der Waals surface area contributed by atoms with Crippen molar-refractivity contribution in [3.63, 3.8) is 0 Å². The van der Waals surface area contributed by atoms with Crippen molar-refractivity contribution in [3.05, 3.63) is 0 Å². The molecule has 0 aliphatic carbocycles. The molecule has 0 amide bonds. The first-order chi connectivity index (χ1) is 5.48. The van der Waals surface area contributed by atoms with Gasteiger partial charge in [-0.15, -0.1) is 0 Å². The SMILES string of the molecule is C[C@]12CCC[C@](C)(O1)C(O)[C@@H]2O. The van der Waals surface area contributed by atoms with Gasteiger partial charge in [0.05, 0.1) is 11.2 Å². The highest BCUT2D eigenvalue weighted by molar-refractivity contribution is 5.08. The lowest BCUT2D eigenvalue weighted by Crippen LogP contribution is -2.39. The van der Waals surface area contributed by atoms with Crippen molar-refractivity contribution >= 4 is 0 Å². The van der Waals surface area contributed by atoms with Crippen LogP contribution in [0.4, 0.5) is 0 Å². The maximum Gasteiger partial charge on any atom is 0.111 e. The Kier molecular flexibility index (Phi) is 1.57. The molecule has 0 aromatic carbocycles. The second kappa shape index (κ2) is 2.22. The molecule has 2 fully saturated rings. The van der Waals surface area contributed by atoms with E-state index in [2.05, 4.69) is 0 Å². The van der Waals surface area contributed by atoms with Gasteiger partial charge in [0.25, 0.3) is 0 Å². The highest BCUT2D eigenvalue weighted by atomic mass is 16.6. The van der Waals surface area contributed by atoms with Crippen LogP contribution in [0.3, 0.4) is 0 Å². The zero-order valence-corrected chi connectivity index (χ0v) is 7.58. The molecule has 0 aromatic heterocycles. The predicted octanol–water partition coefficient (Wildman–Crippen LogP) is 0.440. The van der Waals surface area contributed by atoms with E-state index in [1.165, 1.54) is 0 Å². The van der Waals surface area contributed by atoms with Crippen LogP contribution in [-0.4, -0.2) is 33.6 Å². The minimum absolute atomic E-state index is 0.508. The fourth-order valence-corrected chi connectivity index (χ4v) is 2.51. The Morgan fingerprint density at radius 2 is 1.50 bits per heavy atom. The number of rotatable bonds is 0. The second-order valence-electron chi connectivity index (χ2n) is 4.47. The van der Waals surface area contributed by atoms with Gasteiger partial charge in [-0.3, -0.25) is 0 Å². The molecule has 2 aliphatic heterocycles. The summed E-state index contributed by atoms with van der Waals surface area (Å²) in [5.41, 5.74) is -1.02. The lowest BCUT2D eigenvalue weighted by molar-refractivity contribution is -0.146. The van der Waals surface area contributed by atoms with Gasteiger partial charge in [0.2, 0.25) is 0 Å². The first-order valence-electron chi connectivity index (χ1n) is 4.54. The van der Waals surface area contributed by atoms with Crippen LogP contribution in [0.15, 0.2) is 0 Å². The van der Waals surface area contributed by atoms with Crippen LogP contribution in [0, 0.1) is 0 Å². The minimum atomic E-state index is -0.718. The number of aliphatic hydroxyl groups is 2.